The normalized spacial score (nSPS) is 18.2. The summed E-state index contributed by atoms with van der Waals surface area (Å²) in [7, 11) is 0. The van der Waals surface area contributed by atoms with E-state index in [1.165, 1.54) is 25.7 Å². The van der Waals surface area contributed by atoms with Gasteiger partial charge in [0, 0.05) is 0 Å². The molecule has 0 aliphatic rings. The van der Waals surface area contributed by atoms with Crippen molar-refractivity contribution in [2.45, 2.75) is 59.8 Å². The molecule has 0 spiro atoms. The highest BCUT2D eigenvalue weighted by Gasteiger charge is 2.12. The van der Waals surface area contributed by atoms with Crippen LogP contribution in [0.4, 0.5) is 0 Å². The van der Waals surface area contributed by atoms with Crippen molar-refractivity contribution in [1.82, 2.24) is 0 Å². The third kappa shape index (κ3) is 6.12. The summed E-state index contributed by atoms with van der Waals surface area (Å²) >= 11 is 0. The van der Waals surface area contributed by atoms with Crippen LogP contribution in [0, 0.1) is 24.7 Å². The molecule has 0 saturated carbocycles. The van der Waals surface area contributed by atoms with E-state index in [0.717, 1.165) is 24.2 Å². The zero-order valence-corrected chi connectivity index (χ0v) is 9.97. The van der Waals surface area contributed by atoms with Gasteiger partial charge in [-0.05, 0) is 30.6 Å². The lowest BCUT2D eigenvalue weighted by Gasteiger charge is -2.21. The van der Waals surface area contributed by atoms with Crippen LogP contribution in [0.5, 0.6) is 0 Å². The molecule has 0 bridgehead atoms. The minimum absolute atomic E-state index is 0.866. The van der Waals surface area contributed by atoms with Crippen molar-refractivity contribution in [2.75, 3.05) is 0 Å². The van der Waals surface area contributed by atoms with Gasteiger partial charge >= 0.3 is 0 Å². The van der Waals surface area contributed by atoms with E-state index in [4.69, 9.17) is 0 Å². The van der Waals surface area contributed by atoms with Crippen LogP contribution in [0.2, 0.25) is 0 Å². The van der Waals surface area contributed by atoms with E-state index in [2.05, 4.69) is 34.6 Å². The van der Waals surface area contributed by atoms with Crippen molar-refractivity contribution in [3.8, 4) is 0 Å². The minimum atomic E-state index is 0.866. The van der Waals surface area contributed by atoms with E-state index >= 15 is 0 Å². The predicted molar refractivity (Wildman–Crippen MR) is 61.6 cm³/mol. The van der Waals surface area contributed by atoms with E-state index in [9.17, 15) is 0 Å². The van der Waals surface area contributed by atoms with E-state index in [1.54, 1.807) is 0 Å². The lowest BCUT2D eigenvalue weighted by Crippen LogP contribution is -2.09. The summed E-state index contributed by atoms with van der Waals surface area (Å²) in [5, 5.41) is 0. The molecule has 0 aromatic heterocycles. The van der Waals surface area contributed by atoms with Crippen molar-refractivity contribution >= 4 is 0 Å². The molecule has 79 valence electrons. The van der Waals surface area contributed by atoms with Gasteiger partial charge in [0.25, 0.3) is 0 Å². The number of rotatable bonds is 7. The van der Waals surface area contributed by atoms with Crippen molar-refractivity contribution in [2.24, 2.45) is 17.8 Å². The quantitative estimate of drug-likeness (QED) is 0.536. The zero-order chi connectivity index (χ0) is 10.3. The number of hydrogen-bond donors (Lipinski definition) is 0. The third-order valence-electron chi connectivity index (χ3n) is 3.27. The Balaban J connectivity index is 3.74. The fraction of sp³-hybridized carbons (Fsp3) is 0.923. The van der Waals surface area contributed by atoms with Crippen LogP contribution < -0.4 is 0 Å². The molecule has 2 unspecified atom stereocenters. The molecule has 0 aromatic carbocycles. The molecule has 13 heavy (non-hydrogen) atoms. The lowest BCUT2D eigenvalue weighted by atomic mass is 9.85. The average Bonchev–Trinajstić information content (AvgIpc) is 2.16. The molecule has 1 radical (unpaired) electrons. The fourth-order valence-corrected chi connectivity index (χ4v) is 1.80. The maximum absolute atomic E-state index is 4.06. The molecule has 0 aromatic rings. The monoisotopic (exact) mass is 183 g/mol. The van der Waals surface area contributed by atoms with Gasteiger partial charge in [-0.15, -0.1) is 0 Å². The summed E-state index contributed by atoms with van der Waals surface area (Å²) in [6, 6.07) is 0. The molecule has 0 heterocycles. The summed E-state index contributed by atoms with van der Waals surface area (Å²) < 4.78 is 0. The molecule has 0 amide bonds. The van der Waals surface area contributed by atoms with Gasteiger partial charge in [0.2, 0.25) is 0 Å². The highest BCUT2D eigenvalue weighted by Crippen LogP contribution is 2.25. The maximum atomic E-state index is 4.06. The molecule has 2 atom stereocenters. The van der Waals surface area contributed by atoms with Crippen LogP contribution in [0.1, 0.15) is 59.8 Å². The molecule has 0 N–H and O–H groups in total. The van der Waals surface area contributed by atoms with Gasteiger partial charge in [-0.2, -0.15) is 0 Å². The second-order valence-electron chi connectivity index (χ2n) is 4.65. The smallest absolute Gasteiger partial charge is 0.0409 e. The van der Waals surface area contributed by atoms with Gasteiger partial charge in [-0.1, -0.05) is 53.9 Å². The van der Waals surface area contributed by atoms with E-state index in [-0.39, 0.29) is 0 Å². The van der Waals surface area contributed by atoms with Crippen LogP contribution in [-0.4, -0.2) is 0 Å². The van der Waals surface area contributed by atoms with Crippen LogP contribution in [-0.2, 0) is 0 Å². The second-order valence-corrected chi connectivity index (χ2v) is 4.65. The summed E-state index contributed by atoms with van der Waals surface area (Å²) in [5.74, 6) is 2.64. The molecule has 0 saturated heterocycles. The van der Waals surface area contributed by atoms with E-state index < -0.39 is 0 Å². The Morgan fingerprint density at radius 3 is 1.54 bits per heavy atom. The molecular weight excluding hydrogens is 156 g/mol. The zero-order valence-electron chi connectivity index (χ0n) is 9.97. The minimum Gasteiger partial charge on any atom is -0.0651 e. The first-order valence-electron chi connectivity index (χ1n) is 5.93. The highest BCUT2D eigenvalue weighted by molar-refractivity contribution is 4.67. The van der Waals surface area contributed by atoms with Crippen LogP contribution in [0.3, 0.4) is 0 Å². The van der Waals surface area contributed by atoms with Crippen molar-refractivity contribution < 1.29 is 0 Å². The first kappa shape index (κ1) is 13.0. The van der Waals surface area contributed by atoms with Gasteiger partial charge in [0.1, 0.15) is 0 Å². The Morgan fingerprint density at radius 2 is 1.31 bits per heavy atom. The van der Waals surface area contributed by atoms with Crippen molar-refractivity contribution in [3.63, 3.8) is 0 Å². The maximum Gasteiger partial charge on any atom is -0.0409 e. The molecule has 0 nitrogen and oxygen atoms in total. The Morgan fingerprint density at radius 1 is 0.923 bits per heavy atom. The van der Waals surface area contributed by atoms with Crippen LogP contribution in [0.15, 0.2) is 0 Å². The summed E-state index contributed by atoms with van der Waals surface area (Å²) in [6.45, 7) is 13.4. The standard InChI is InChI=1S/C13H27/c1-6-11(4)9-13(8-3)10-12(5)7-2/h11-13H,3,6-10H2,1-2,4-5H3. The Bertz CT molecular complexity index is 94.6. The van der Waals surface area contributed by atoms with Gasteiger partial charge in [0.05, 0.1) is 0 Å². The Hall–Kier alpha value is 0. The summed E-state index contributed by atoms with van der Waals surface area (Å²) in [6.07, 6.45) is 6.51. The van der Waals surface area contributed by atoms with Gasteiger partial charge in [-0.3, -0.25) is 0 Å². The first-order valence-corrected chi connectivity index (χ1v) is 5.93. The third-order valence-corrected chi connectivity index (χ3v) is 3.27. The SMILES string of the molecule is [CH2]CC(CC(C)CC)CC(C)CC. The van der Waals surface area contributed by atoms with Crippen LogP contribution in [0.25, 0.3) is 0 Å². The molecule has 0 rings (SSSR count). The van der Waals surface area contributed by atoms with Crippen LogP contribution >= 0.6 is 0 Å². The van der Waals surface area contributed by atoms with Gasteiger partial charge < -0.3 is 0 Å². The summed E-state index contributed by atoms with van der Waals surface area (Å²) in [5.41, 5.74) is 0. The fourth-order valence-electron chi connectivity index (χ4n) is 1.80. The Kier molecular flexibility index (Phi) is 7.41. The molecular formula is C13H27. The predicted octanol–water partition coefficient (Wildman–Crippen LogP) is 4.70. The second kappa shape index (κ2) is 7.41. The lowest BCUT2D eigenvalue weighted by molar-refractivity contribution is 0.315. The molecule has 0 heteroatoms. The summed E-state index contributed by atoms with van der Waals surface area (Å²) in [4.78, 5) is 0. The van der Waals surface area contributed by atoms with E-state index in [1.807, 2.05) is 0 Å². The highest BCUT2D eigenvalue weighted by atomic mass is 14.2. The Labute approximate surface area is 85.1 Å². The van der Waals surface area contributed by atoms with Gasteiger partial charge in [-0.25, -0.2) is 0 Å². The number of hydrogen-bond acceptors (Lipinski definition) is 0. The molecule has 0 fully saturated rings. The molecule has 0 aliphatic carbocycles. The topological polar surface area (TPSA) is 0 Å². The van der Waals surface area contributed by atoms with Gasteiger partial charge in [0.15, 0.2) is 0 Å². The van der Waals surface area contributed by atoms with E-state index in [0.29, 0.717) is 0 Å². The average molecular weight is 183 g/mol. The van der Waals surface area contributed by atoms with Crippen molar-refractivity contribution in [3.05, 3.63) is 6.92 Å². The van der Waals surface area contributed by atoms with Crippen molar-refractivity contribution in [1.29, 1.82) is 0 Å². The first-order chi connectivity index (χ1) is 6.13. The molecule has 0 aliphatic heterocycles. The largest absolute Gasteiger partial charge is 0.0651 e.